The van der Waals surface area contributed by atoms with Crippen molar-refractivity contribution < 1.29 is 0 Å². The van der Waals surface area contributed by atoms with E-state index in [1.54, 1.807) is 6.20 Å². The molecule has 3 N–H and O–H groups in total. The SMILES string of the molecule is Cc1c(N)cnc(Nc2ccc(Cl)cc2)c1Br. The molecule has 5 heteroatoms. The number of aromatic nitrogens is 1. The molecule has 1 aromatic carbocycles. The second kappa shape index (κ2) is 4.94. The first-order valence-corrected chi connectivity index (χ1v) is 6.18. The molecule has 88 valence electrons. The summed E-state index contributed by atoms with van der Waals surface area (Å²) in [5.41, 5.74) is 8.32. The zero-order valence-corrected chi connectivity index (χ0v) is 11.5. The van der Waals surface area contributed by atoms with Crippen molar-refractivity contribution >= 4 is 44.7 Å². The molecule has 0 unspecified atom stereocenters. The predicted molar refractivity (Wildman–Crippen MR) is 75.8 cm³/mol. The molecule has 0 amide bonds. The first-order valence-electron chi connectivity index (χ1n) is 5.01. The molecule has 1 aromatic heterocycles. The Labute approximate surface area is 113 Å². The Balaban J connectivity index is 2.30. The summed E-state index contributed by atoms with van der Waals surface area (Å²) in [5.74, 6) is 0.735. The van der Waals surface area contributed by atoms with Gasteiger partial charge in [-0.1, -0.05) is 11.6 Å². The molecule has 0 aliphatic rings. The van der Waals surface area contributed by atoms with Gasteiger partial charge in [-0.05, 0) is 52.7 Å². The van der Waals surface area contributed by atoms with Gasteiger partial charge in [0.1, 0.15) is 5.82 Å². The normalized spacial score (nSPS) is 10.3. The van der Waals surface area contributed by atoms with Gasteiger partial charge in [-0.2, -0.15) is 0 Å². The molecule has 0 saturated carbocycles. The zero-order chi connectivity index (χ0) is 12.4. The smallest absolute Gasteiger partial charge is 0.145 e. The Morgan fingerprint density at radius 3 is 2.59 bits per heavy atom. The maximum atomic E-state index is 5.82. The number of hydrogen-bond acceptors (Lipinski definition) is 3. The minimum Gasteiger partial charge on any atom is -0.397 e. The summed E-state index contributed by atoms with van der Waals surface area (Å²) < 4.78 is 0.868. The summed E-state index contributed by atoms with van der Waals surface area (Å²) in [4.78, 5) is 4.24. The molecule has 17 heavy (non-hydrogen) atoms. The third-order valence-electron chi connectivity index (χ3n) is 2.41. The van der Waals surface area contributed by atoms with Crippen LogP contribution in [-0.4, -0.2) is 4.98 Å². The molecule has 0 fully saturated rings. The molecule has 3 nitrogen and oxygen atoms in total. The number of hydrogen-bond donors (Lipinski definition) is 2. The fourth-order valence-corrected chi connectivity index (χ4v) is 1.91. The topological polar surface area (TPSA) is 50.9 Å². The van der Waals surface area contributed by atoms with E-state index in [9.17, 15) is 0 Å². The van der Waals surface area contributed by atoms with Gasteiger partial charge in [0.2, 0.25) is 0 Å². The second-order valence-electron chi connectivity index (χ2n) is 3.63. The van der Waals surface area contributed by atoms with Crippen molar-refractivity contribution in [1.82, 2.24) is 4.98 Å². The van der Waals surface area contributed by atoms with Crippen molar-refractivity contribution in [2.45, 2.75) is 6.92 Å². The largest absolute Gasteiger partial charge is 0.397 e. The standard InChI is InChI=1S/C12H11BrClN3/c1-7-10(15)6-16-12(11(7)13)17-9-4-2-8(14)3-5-9/h2-6H,15H2,1H3,(H,16,17). The highest BCUT2D eigenvalue weighted by molar-refractivity contribution is 9.10. The van der Waals surface area contributed by atoms with Gasteiger partial charge in [-0.3, -0.25) is 0 Å². The minimum atomic E-state index is 0.665. The molecule has 0 aliphatic carbocycles. The highest BCUT2D eigenvalue weighted by atomic mass is 79.9. The van der Waals surface area contributed by atoms with Crippen LogP contribution in [-0.2, 0) is 0 Å². The molecule has 0 bridgehead atoms. The van der Waals surface area contributed by atoms with Crippen LogP contribution in [0.2, 0.25) is 5.02 Å². The molecular formula is C12H11BrClN3. The van der Waals surface area contributed by atoms with E-state index in [0.717, 1.165) is 21.5 Å². The Hall–Kier alpha value is -1.26. The van der Waals surface area contributed by atoms with Gasteiger partial charge in [0, 0.05) is 10.7 Å². The van der Waals surface area contributed by atoms with Crippen molar-refractivity contribution in [2.75, 3.05) is 11.1 Å². The summed E-state index contributed by atoms with van der Waals surface area (Å²) in [6.45, 7) is 1.94. The van der Waals surface area contributed by atoms with Crippen molar-refractivity contribution in [3.63, 3.8) is 0 Å². The second-order valence-corrected chi connectivity index (χ2v) is 4.86. The number of nitrogens with one attached hydrogen (secondary N) is 1. The predicted octanol–water partition coefficient (Wildman–Crippen LogP) is 4.13. The van der Waals surface area contributed by atoms with Crippen LogP contribution in [0.3, 0.4) is 0 Å². The van der Waals surface area contributed by atoms with E-state index in [1.165, 1.54) is 0 Å². The van der Waals surface area contributed by atoms with E-state index in [0.29, 0.717) is 10.7 Å². The zero-order valence-electron chi connectivity index (χ0n) is 9.17. The Morgan fingerprint density at radius 2 is 1.94 bits per heavy atom. The maximum absolute atomic E-state index is 5.82. The number of rotatable bonds is 2. The lowest BCUT2D eigenvalue weighted by atomic mass is 10.2. The molecular weight excluding hydrogens is 302 g/mol. The van der Waals surface area contributed by atoms with Crippen molar-refractivity contribution in [3.8, 4) is 0 Å². The molecule has 2 aromatic rings. The first kappa shape index (κ1) is 12.2. The van der Waals surface area contributed by atoms with Gasteiger partial charge >= 0.3 is 0 Å². The first-order chi connectivity index (χ1) is 8.08. The molecule has 0 aliphatic heterocycles. The summed E-state index contributed by atoms with van der Waals surface area (Å²) in [5, 5.41) is 3.90. The van der Waals surface area contributed by atoms with Crippen molar-refractivity contribution in [3.05, 3.63) is 45.5 Å². The molecule has 0 spiro atoms. The van der Waals surface area contributed by atoms with Crippen LogP contribution < -0.4 is 11.1 Å². The van der Waals surface area contributed by atoms with Crippen LogP contribution >= 0.6 is 27.5 Å². The monoisotopic (exact) mass is 311 g/mol. The molecule has 0 atom stereocenters. The van der Waals surface area contributed by atoms with Crippen LogP contribution in [0.1, 0.15) is 5.56 Å². The average molecular weight is 313 g/mol. The minimum absolute atomic E-state index is 0.665. The van der Waals surface area contributed by atoms with E-state index in [2.05, 4.69) is 26.2 Å². The fourth-order valence-electron chi connectivity index (χ4n) is 1.35. The van der Waals surface area contributed by atoms with E-state index < -0.39 is 0 Å². The quantitative estimate of drug-likeness (QED) is 0.876. The molecule has 2 rings (SSSR count). The molecule has 1 heterocycles. The average Bonchev–Trinajstić information content (AvgIpc) is 2.33. The Morgan fingerprint density at radius 1 is 1.29 bits per heavy atom. The van der Waals surface area contributed by atoms with Crippen molar-refractivity contribution in [1.29, 1.82) is 0 Å². The van der Waals surface area contributed by atoms with E-state index in [-0.39, 0.29) is 0 Å². The summed E-state index contributed by atoms with van der Waals surface area (Å²) in [7, 11) is 0. The highest BCUT2D eigenvalue weighted by Crippen LogP contribution is 2.30. The summed E-state index contributed by atoms with van der Waals surface area (Å²) >= 11 is 9.29. The lowest BCUT2D eigenvalue weighted by Gasteiger charge is -2.10. The third kappa shape index (κ3) is 2.70. The number of nitrogens with zero attached hydrogens (tertiary/aromatic N) is 1. The highest BCUT2D eigenvalue weighted by Gasteiger charge is 2.07. The van der Waals surface area contributed by atoms with Gasteiger partial charge in [0.05, 0.1) is 16.4 Å². The van der Waals surface area contributed by atoms with E-state index >= 15 is 0 Å². The lowest BCUT2D eigenvalue weighted by molar-refractivity contribution is 1.25. The molecule has 0 radical (unpaired) electrons. The fraction of sp³-hybridized carbons (Fsp3) is 0.0833. The van der Waals surface area contributed by atoms with Crippen LogP contribution in [0.4, 0.5) is 17.2 Å². The number of pyridine rings is 1. The van der Waals surface area contributed by atoms with Crippen LogP contribution in [0, 0.1) is 6.92 Å². The van der Waals surface area contributed by atoms with Gasteiger partial charge in [0.25, 0.3) is 0 Å². The number of anilines is 3. The number of nitrogens with two attached hydrogens (primary N) is 1. The van der Waals surface area contributed by atoms with Crippen LogP contribution in [0.15, 0.2) is 34.9 Å². The van der Waals surface area contributed by atoms with Crippen molar-refractivity contribution in [2.24, 2.45) is 0 Å². The van der Waals surface area contributed by atoms with E-state index in [1.807, 2.05) is 31.2 Å². The Kier molecular flexibility index (Phi) is 3.54. The number of halogens is 2. The number of benzene rings is 1. The van der Waals surface area contributed by atoms with Gasteiger partial charge < -0.3 is 11.1 Å². The maximum Gasteiger partial charge on any atom is 0.145 e. The molecule has 0 saturated heterocycles. The summed E-state index contributed by atoms with van der Waals surface area (Å²) in [6, 6.07) is 7.42. The van der Waals surface area contributed by atoms with Gasteiger partial charge in [-0.15, -0.1) is 0 Å². The third-order valence-corrected chi connectivity index (χ3v) is 3.63. The lowest BCUT2D eigenvalue weighted by Crippen LogP contribution is -1.99. The van der Waals surface area contributed by atoms with E-state index in [4.69, 9.17) is 17.3 Å². The summed E-state index contributed by atoms with van der Waals surface area (Å²) in [6.07, 6.45) is 1.64. The Bertz CT molecular complexity index is 540. The van der Waals surface area contributed by atoms with Crippen LogP contribution in [0.5, 0.6) is 0 Å². The van der Waals surface area contributed by atoms with Gasteiger partial charge in [0.15, 0.2) is 0 Å². The van der Waals surface area contributed by atoms with Gasteiger partial charge in [-0.25, -0.2) is 4.98 Å². The van der Waals surface area contributed by atoms with Crippen LogP contribution in [0.25, 0.3) is 0 Å². The number of nitrogen functional groups attached to an aromatic ring is 1.